The van der Waals surface area contributed by atoms with E-state index in [1.807, 2.05) is 6.92 Å². The van der Waals surface area contributed by atoms with Gasteiger partial charge in [-0.15, -0.1) is 0 Å². The maximum Gasteiger partial charge on any atom is 0.264 e. The van der Waals surface area contributed by atoms with Crippen molar-refractivity contribution >= 4 is 26.8 Å². The van der Waals surface area contributed by atoms with E-state index < -0.39 is 22.0 Å². The van der Waals surface area contributed by atoms with Crippen LogP contribution < -0.4 is 4.72 Å². The molecule has 0 spiro atoms. The van der Waals surface area contributed by atoms with Gasteiger partial charge in [0.05, 0.1) is 10.4 Å². The first kappa shape index (κ1) is 14.9. The molecule has 2 heterocycles. The number of amides is 1. The van der Waals surface area contributed by atoms with Crippen LogP contribution >= 0.6 is 0 Å². The Morgan fingerprint density at radius 2 is 2.14 bits per heavy atom. The molecule has 1 aliphatic rings. The molecule has 1 amide bonds. The number of carbonyl (C=O) groups is 1. The number of aryl methyl sites for hydroxylation is 1. The molecule has 0 radical (unpaired) electrons. The van der Waals surface area contributed by atoms with E-state index in [0.717, 1.165) is 12.1 Å². The largest absolute Gasteiger partial charge is 0.368 e. The molecule has 1 fully saturated rings. The third-order valence-corrected chi connectivity index (χ3v) is 4.98. The number of fused-ring (bicyclic) bond motifs is 1. The summed E-state index contributed by atoms with van der Waals surface area (Å²) < 4.78 is 32.3. The Kier molecular flexibility index (Phi) is 3.84. The number of sulfonamides is 1. The van der Waals surface area contributed by atoms with Crippen LogP contribution in [0.5, 0.6) is 0 Å². The molecule has 1 saturated heterocycles. The van der Waals surface area contributed by atoms with Gasteiger partial charge in [0.25, 0.3) is 15.9 Å². The van der Waals surface area contributed by atoms with E-state index in [4.69, 9.17) is 4.74 Å². The third-order valence-electron chi connectivity index (χ3n) is 3.58. The second-order valence-corrected chi connectivity index (χ2v) is 6.90. The van der Waals surface area contributed by atoms with Crippen molar-refractivity contribution in [2.45, 2.75) is 30.8 Å². The molecule has 22 heavy (non-hydrogen) atoms. The molecule has 1 aromatic heterocycles. The lowest BCUT2D eigenvalue weighted by atomic mass is 10.2. The smallest absolute Gasteiger partial charge is 0.264 e. The molecular formula is C15H16N2O4S. The minimum Gasteiger partial charge on any atom is -0.368 e. The first-order chi connectivity index (χ1) is 10.5. The van der Waals surface area contributed by atoms with Crippen molar-refractivity contribution in [1.82, 2.24) is 9.71 Å². The molecule has 1 atom stereocenters. The van der Waals surface area contributed by atoms with Crippen LogP contribution in [0.1, 0.15) is 18.5 Å². The number of ether oxygens (including phenoxy) is 1. The number of nitrogens with zero attached hydrogens (tertiary/aromatic N) is 1. The van der Waals surface area contributed by atoms with Gasteiger partial charge in [-0.1, -0.05) is 6.07 Å². The number of rotatable bonds is 3. The summed E-state index contributed by atoms with van der Waals surface area (Å²) in [7, 11) is -3.96. The molecule has 1 N–H and O–H groups in total. The molecule has 0 saturated carbocycles. The van der Waals surface area contributed by atoms with Crippen LogP contribution in [-0.4, -0.2) is 32.0 Å². The second kappa shape index (κ2) is 5.66. The van der Waals surface area contributed by atoms with Crippen molar-refractivity contribution in [3.05, 3.63) is 36.0 Å². The molecule has 0 bridgehead atoms. The lowest BCUT2D eigenvalue weighted by Crippen LogP contribution is -2.38. The van der Waals surface area contributed by atoms with Gasteiger partial charge in [0.1, 0.15) is 6.10 Å². The quantitative estimate of drug-likeness (QED) is 0.927. The first-order valence-corrected chi connectivity index (χ1v) is 8.50. The van der Waals surface area contributed by atoms with E-state index in [1.54, 1.807) is 24.3 Å². The predicted molar refractivity (Wildman–Crippen MR) is 80.8 cm³/mol. The van der Waals surface area contributed by atoms with Crippen LogP contribution in [0.4, 0.5) is 0 Å². The summed E-state index contributed by atoms with van der Waals surface area (Å²) in [5.41, 5.74) is 1.37. The zero-order valence-corrected chi connectivity index (χ0v) is 12.9. The fraction of sp³-hybridized carbons (Fsp3) is 0.333. The average molecular weight is 320 g/mol. The summed E-state index contributed by atoms with van der Waals surface area (Å²) in [6.45, 7) is 2.31. The van der Waals surface area contributed by atoms with Gasteiger partial charge < -0.3 is 4.74 Å². The highest BCUT2D eigenvalue weighted by Gasteiger charge is 2.28. The van der Waals surface area contributed by atoms with E-state index in [1.165, 1.54) is 6.07 Å². The summed E-state index contributed by atoms with van der Waals surface area (Å²) >= 11 is 0. The van der Waals surface area contributed by atoms with Gasteiger partial charge in [0, 0.05) is 17.7 Å². The molecule has 1 unspecified atom stereocenters. The average Bonchev–Trinajstić information content (AvgIpc) is 3.00. The fourth-order valence-electron chi connectivity index (χ4n) is 2.50. The highest BCUT2D eigenvalue weighted by molar-refractivity contribution is 7.90. The Morgan fingerprint density at radius 3 is 2.86 bits per heavy atom. The number of hydrogen-bond donors (Lipinski definition) is 1. The zero-order chi connectivity index (χ0) is 15.7. The van der Waals surface area contributed by atoms with E-state index in [2.05, 4.69) is 9.71 Å². The Morgan fingerprint density at radius 1 is 1.32 bits per heavy atom. The number of nitrogens with one attached hydrogen (secondary N) is 1. The minimum atomic E-state index is -3.96. The molecule has 0 aliphatic carbocycles. The summed E-state index contributed by atoms with van der Waals surface area (Å²) in [6.07, 6.45) is 0.609. The molecule has 2 aromatic rings. The molecular weight excluding hydrogens is 304 g/mol. The summed E-state index contributed by atoms with van der Waals surface area (Å²) in [5.74, 6) is -0.616. The minimum absolute atomic E-state index is 0.0452. The maximum atomic E-state index is 12.5. The van der Waals surface area contributed by atoms with Crippen LogP contribution in [-0.2, 0) is 19.6 Å². The Labute approximate surface area is 128 Å². The Bertz CT molecular complexity index is 827. The summed E-state index contributed by atoms with van der Waals surface area (Å²) in [4.78, 5) is 16.3. The molecule has 6 nitrogen and oxygen atoms in total. The van der Waals surface area contributed by atoms with Gasteiger partial charge in [-0.2, -0.15) is 0 Å². The van der Waals surface area contributed by atoms with Crippen LogP contribution in [0.2, 0.25) is 0 Å². The normalized spacial score (nSPS) is 18.5. The van der Waals surface area contributed by atoms with Gasteiger partial charge in [-0.3, -0.25) is 9.78 Å². The van der Waals surface area contributed by atoms with Crippen LogP contribution in [0.25, 0.3) is 10.9 Å². The van der Waals surface area contributed by atoms with Crippen LogP contribution in [0.15, 0.2) is 35.2 Å². The molecule has 7 heteroatoms. The SMILES string of the molecule is Cc1ccc2c(S(=O)(=O)NC(=O)C3CCCO3)cccc2n1. The summed E-state index contributed by atoms with van der Waals surface area (Å²) in [5, 5.41) is 0.487. The number of benzene rings is 1. The topological polar surface area (TPSA) is 85.4 Å². The number of aromatic nitrogens is 1. The number of hydrogen-bond acceptors (Lipinski definition) is 5. The van der Waals surface area contributed by atoms with Gasteiger partial charge in [-0.25, -0.2) is 13.1 Å². The zero-order valence-electron chi connectivity index (χ0n) is 12.1. The maximum absolute atomic E-state index is 12.5. The first-order valence-electron chi connectivity index (χ1n) is 7.02. The van der Waals surface area contributed by atoms with Crippen molar-refractivity contribution in [1.29, 1.82) is 0 Å². The number of pyridine rings is 1. The molecule has 3 rings (SSSR count). The molecule has 1 aliphatic heterocycles. The van der Waals surface area contributed by atoms with Gasteiger partial charge in [-0.05, 0) is 44.0 Å². The number of carbonyl (C=O) groups excluding carboxylic acids is 1. The summed E-state index contributed by atoms with van der Waals surface area (Å²) in [6, 6.07) is 8.25. The lowest BCUT2D eigenvalue weighted by Gasteiger charge is -2.12. The van der Waals surface area contributed by atoms with E-state index >= 15 is 0 Å². The van der Waals surface area contributed by atoms with Gasteiger partial charge >= 0.3 is 0 Å². The van der Waals surface area contributed by atoms with Crippen molar-refractivity contribution < 1.29 is 17.9 Å². The lowest BCUT2D eigenvalue weighted by molar-refractivity contribution is -0.128. The standard InChI is InChI=1S/C15H16N2O4S/c1-10-7-8-11-12(16-10)4-2-6-14(11)22(19,20)17-15(18)13-5-3-9-21-13/h2,4,6-8,13H,3,5,9H2,1H3,(H,17,18). The van der Waals surface area contributed by atoms with Crippen molar-refractivity contribution in [2.24, 2.45) is 0 Å². The van der Waals surface area contributed by atoms with Crippen LogP contribution in [0.3, 0.4) is 0 Å². The molecule has 1 aromatic carbocycles. The van der Waals surface area contributed by atoms with E-state index in [-0.39, 0.29) is 4.90 Å². The van der Waals surface area contributed by atoms with Crippen molar-refractivity contribution in [2.75, 3.05) is 6.61 Å². The third kappa shape index (κ3) is 2.82. The van der Waals surface area contributed by atoms with Gasteiger partial charge in [0.15, 0.2) is 0 Å². The monoisotopic (exact) mass is 320 g/mol. The Hall–Kier alpha value is -1.99. The van der Waals surface area contributed by atoms with Gasteiger partial charge in [0.2, 0.25) is 0 Å². The van der Waals surface area contributed by atoms with Crippen LogP contribution in [0, 0.1) is 6.92 Å². The van der Waals surface area contributed by atoms with E-state index in [0.29, 0.717) is 23.9 Å². The van der Waals surface area contributed by atoms with E-state index in [9.17, 15) is 13.2 Å². The highest BCUT2D eigenvalue weighted by atomic mass is 32.2. The Balaban J connectivity index is 1.96. The van der Waals surface area contributed by atoms with Crippen molar-refractivity contribution in [3.8, 4) is 0 Å². The highest BCUT2D eigenvalue weighted by Crippen LogP contribution is 2.22. The second-order valence-electron chi connectivity index (χ2n) is 5.25. The fourth-order valence-corrected chi connectivity index (χ4v) is 3.73. The van der Waals surface area contributed by atoms with Crippen molar-refractivity contribution in [3.63, 3.8) is 0 Å². The molecule has 116 valence electrons. The predicted octanol–water partition coefficient (Wildman–Crippen LogP) is 1.53.